The lowest BCUT2D eigenvalue weighted by atomic mass is 9.97. The van der Waals surface area contributed by atoms with Crippen molar-refractivity contribution in [3.63, 3.8) is 0 Å². The summed E-state index contributed by atoms with van der Waals surface area (Å²) >= 11 is 0. The number of benzene rings is 1. The number of amides is 1. The van der Waals surface area contributed by atoms with Gasteiger partial charge in [0.15, 0.2) is 5.82 Å². The topological polar surface area (TPSA) is 183 Å². The van der Waals surface area contributed by atoms with Crippen molar-refractivity contribution in [2.24, 2.45) is 0 Å². The molecule has 1 aromatic carbocycles. The second-order valence-corrected chi connectivity index (χ2v) is 16.5. The van der Waals surface area contributed by atoms with Crippen LogP contribution in [-0.4, -0.2) is 73.2 Å². The molecule has 1 aliphatic carbocycles. The summed E-state index contributed by atoms with van der Waals surface area (Å²) in [4.78, 5) is 30.1. The highest BCUT2D eigenvalue weighted by molar-refractivity contribution is 7.52. The molecule has 0 bridgehead atoms. The number of anilines is 1. The second kappa shape index (κ2) is 20.0. The minimum atomic E-state index is -4.29. The van der Waals surface area contributed by atoms with E-state index in [1.165, 1.54) is 63.2 Å². The van der Waals surface area contributed by atoms with Crippen LogP contribution in [0.3, 0.4) is 0 Å². The number of unbranched alkanes of at least 4 members (excludes halogenated alkanes) is 8. The molecule has 3 aromatic rings. The number of ether oxygens (including phenoxy) is 2. The molecule has 6 atom stereocenters. The van der Waals surface area contributed by atoms with E-state index in [9.17, 15) is 24.4 Å². The van der Waals surface area contributed by atoms with E-state index >= 15 is 0 Å². The standard InChI is InChI=1S/C39H58N5O9P/c1-4-5-6-7-8-9-10-11-18-23-33(45)42-37-32-25-24-31(44(32)41-27-40-37)35-34(46)36(47)39(3,52-35)26-50-54(49,53-30-21-16-13-17-22-30)43-28(2)38(48)51-29-19-14-12-15-20-29/h13,16-17,21-22,24-25,27-29,34-36,46-47H,4-12,14-15,18-20,23,26H2,1-3H3,(H,43,49)(H,40,41,42,45)/t28-,34-,35-,36-,39+,54?/m0/s1. The molecule has 2 aromatic heterocycles. The summed E-state index contributed by atoms with van der Waals surface area (Å²) in [5, 5.41) is 32.4. The number of para-hydroxylation sites is 1. The molecule has 298 valence electrons. The number of rotatable bonds is 21. The van der Waals surface area contributed by atoms with Crippen LogP contribution in [0.15, 0.2) is 48.8 Å². The molecular formula is C39H58N5O9P. The Morgan fingerprint density at radius 1 is 1.00 bits per heavy atom. The molecule has 1 saturated carbocycles. The molecular weight excluding hydrogens is 713 g/mol. The van der Waals surface area contributed by atoms with E-state index < -0.39 is 50.3 Å². The predicted octanol–water partition coefficient (Wildman–Crippen LogP) is 7.20. The first-order valence-corrected chi connectivity index (χ1v) is 21.2. The van der Waals surface area contributed by atoms with E-state index in [2.05, 4.69) is 27.4 Å². The molecule has 14 nitrogen and oxygen atoms in total. The summed E-state index contributed by atoms with van der Waals surface area (Å²) in [6.07, 6.45) is 12.5. The van der Waals surface area contributed by atoms with Crippen LogP contribution in [0.4, 0.5) is 5.82 Å². The van der Waals surface area contributed by atoms with Gasteiger partial charge in [0, 0.05) is 6.42 Å². The highest BCUT2D eigenvalue weighted by atomic mass is 31.2. The molecule has 4 N–H and O–H groups in total. The van der Waals surface area contributed by atoms with Crippen molar-refractivity contribution >= 4 is 31.0 Å². The van der Waals surface area contributed by atoms with Gasteiger partial charge in [0.1, 0.15) is 53.7 Å². The fourth-order valence-electron chi connectivity index (χ4n) is 7.03. The van der Waals surface area contributed by atoms with Gasteiger partial charge in [0.25, 0.3) is 0 Å². The largest absolute Gasteiger partial charge is 0.461 e. The molecule has 5 rings (SSSR count). The number of carbonyl (C=O) groups is 2. The van der Waals surface area contributed by atoms with Crippen molar-refractivity contribution < 1.29 is 42.9 Å². The van der Waals surface area contributed by atoms with Crippen LogP contribution >= 0.6 is 7.75 Å². The van der Waals surface area contributed by atoms with E-state index in [0.717, 1.165) is 51.4 Å². The zero-order valence-corrected chi connectivity index (χ0v) is 32.8. The summed E-state index contributed by atoms with van der Waals surface area (Å²) < 4.78 is 39.3. The summed E-state index contributed by atoms with van der Waals surface area (Å²) in [7, 11) is -4.29. The monoisotopic (exact) mass is 771 g/mol. The number of fused-ring (bicyclic) bond motifs is 1. The molecule has 1 aliphatic heterocycles. The number of esters is 1. The molecule has 0 spiro atoms. The van der Waals surface area contributed by atoms with E-state index in [0.29, 0.717) is 23.4 Å². The highest BCUT2D eigenvalue weighted by Gasteiger charge is 2.54. The minimum absolute atomic E-state index is 0.147. The number of carbonyl (C=O) groups excluding carboxylic acids is 2. The molecule has 1 saturated heterocycles. The quantitative estimate of drug-likeness (QED) is 0.0486. The van der Waals surface area contributed by atoms with Crippen molar-refractivity contribution in [1.29, 1.82) is 0 Å². The van der Waals surface area contributed by atoms with Gasteiger partial charge in [-0.1, -0.05) is 82.9 Å². The van der Waals surface area contributed by atoms with E-state index in [1.807, 2.05) is 0 Å². The average molecular weight is 772 g/mol. The Kier molecular flexibility index (Phi) is 15.4. The third-order valence-electron chi connectivity index (χ3n) is 10.2. The summed E-state index contributed by atoms with van der Waals surface area (Å²) in [6.45, 7) is 4.77. The van der Waals surface area contributed by atoms with E-state index in [4.69, 9.17) is 18.5 Å². The average Bonchev–Trinajstić information content (AvgIpc) is 3.69. The zero-order valence-electron chi connectivity index (χ0n) is 31.9. The summed E-state index contributed by atoms with van der Waals surface area (Å²) in [5.41, 5.74) is -0.683. The van der Waals surface area contributed by atoms with Crippen molar-refractivity contribution in [1.82, 2.24) is 19.7 Å². The summed E-state index contributed by atoms with van der Waals surface area (Å²) in [5.74, 6) is -0.182. The lowest BCUT2D eigenvalue weighted by Gasteiger charge is -2.30. The first-order valence-electron chi connectivity index (χ1n) is 19.7. The Morgan fingerprint density at radius 3 is 2.39 bits per heavy atom. The number of aromatic nitrogens is 3. The molecule has 3 heterocycles. The fraction of sp³-hybridized carbons (Fsp3) is 0.641. The lowest BCUT2D eigenvalue weighted by molar-refractivity contribution is -0.152. The number of aliphatic hydroxyl groups excluding tert-OH is 2. The molecule has 2 aliphatic rings. The smallest absolute Gasteiger partial charge is 0.459 e. The van der Waals surface area contributed by atoms with Crippen LogP contribution in [0.2, 0.25) is 0 Å². The van der Waals surface area contributed by atoms with Crippen molar-refractivity contribution in [3.8, 4) is 5.75 Å². The Bertz CT molecular complexity index is 1690. The highest BCUT2D eigenvalue weighted by Crippen LogP contribution is 2.48. The van der Waals surface area contributed by atoms with E-state index in [1.54, 1.807) is 42.5 Å². The Balaban J connectivity index is 1.21. The second-order valence-electron chi connectivity index (χ2n) is 14.8. The zero-order chi connectivity index (χ0) is 38.6. The third kappa shape index (κ3) is 11.3. The molecule has 15 heteroatoms. The molecule has 2 fully saturated rings. The Labute approximate surface area is 318 Å². The van der Waals surface area contributed by atoms with Gasteiger partial charge in [-0.05, 0) is 70.2 Å². The lowest BCUT2D eigenvalue weighted by Crippen LogP contribution is -2.45. The van der Waals surface area contributed by atoms with E-state index in [-0.39, 0.29) is 17.8 Å². The van der Waals surface area contributed by atoms with Crippen LogP contribution in [-0.2, 0) is 28.2 Å². The van der Waals surface area contributed by atoms with Gasteiger partial charge in [0.05, 0.1) is 12.3 Å². The maximum Gasteiger partial charge on any atom is 0.459 e. The van der Waals surface area contributed by atoms with Gasteiger partial charge < -0.3 is 29.5 Å². The maximum absolute atomic E-state index is 14.2. The fourth-order valence-corrected chi connectivity index (χ4v) is 8.62. The first kappa shape index (κ1) is 41.8. The van der Waals surface area contributed by atoms with Crippen LogP contribution in [0, 0.1) is 0 Å². The van der Waals surface area contributed by atoms with Gasteiger partial charge in [-0.2, -0.15) is 10.2 Å². The normalized spacial score (nSPS) is 23.5. The van der Waals surface area contributed by atoms with Gasteiger partial charge >= 0.3 is 13.7 Å². The van der Waals surface area contributed by atoms with Crippen LogP contribution < -0.4 is 14.9 Å². The SMILES string of the molecule is CCCCCCCCCCCC(=O)Nc1ncnn2c([C@@H]3O[C@](C)(COP(=O)(N[C@@H](C)C(=O)OC4CCCCC4)Oc4ccccc4)[C@@H](O)[C@H]3O)ccc12. The van der Waals surface area contributed by atoms with Crippen molar-refractivity contribution in [2.75, 3.05) is 11.9 Å². The number of hydrogen-bond donors (Lipinski definition) is 4. The predicted molar refractivity (Wildman–Crippen MR) is 204 cm³/mol. The third-order valence-corrected chi connectivity index (χ3v) is 11.8. The van der Waals surface area contributed by atoms with Gasteiger partial charge in [0.2, 0.25) is 5.91 Å². The number of nitrogens with one attached hydrogen (secondary N) is 2. The van der Waals surface area contributed by atoms with Crippen LogP contribution in [0.1, 0.15) is 129 Å². The van der Waals surface area contributed by atoms with Gasteiger partial charge in [-0.25, -0.2) is 14.1 Å². The molecule has 0 radical (unpaired) electrons. The number of nitrogens with zero attached hydrogens (tertiary/aromatic N) is 3. The molecule has 1 amide bonds. The maximum atomic E-state index is 14.2. The Hall–Kier alpha value is -3.39. The van der Waals surface area contributed by atoms with Crippen LogP contribution in [0.25, 0.3) is 5.52 Å². The van der Waals surface area contributed by atoms with Crippen molar-refractivity contribution in [2.45, 2.75) is 153 Å². The van der Waals surface area contributed by atoms with Gasteiger partial charge in [-0.3, -0.25) is 14.1 Å². The van der Waals surface area contributed by atoms with Crippen LogP contribution in [0.5, 0.6) is 5.75 Å². The first-order chi connectivity index (χ1) is 26.0. The molecule has 1 unspecified atom stereocenters. The number of hydrogen-bond acceptors (Lipinski definition) is 11. The minimum Gasteiger partial charge on any atom is -0.461 e. The number of aliphatic hydroxyl groups is 2. The van der Waals surface area contributed by atoms with Gasteiger partial charge in [-0.15, -0.1) is 0 Å². The Morgan fingerprint density at radius 2 is 1.69 bits per heavy atom. The van der Waals surface area contributed by atoms with Crippen molar-refractivity contribution in [3.05, 3.63) is 54.5 Å². The summed E-state index contributed by atoms with van der Waals surface area (Å²) in [6, 6.07) is 10.7. The molecule has 54 heavy (non-hydrogen) atoms.